The molecule has 0 saturated heterocycles. The number of ether oxygens (including phenoxy) is 1. The highest BCUT2D eigenvalue weighted by Gasteiger charge is 2.17. The van der Waals surface area contributed by atoms with Gasteiger partial charge in [-0.25, -0.2) is 15.0 Å². The second-order valence-corrected chi connectivity index (χ2v) is 7.71. The van der Waals surface area contributed by atoms with E-state index < -0.39 is 0 Å². The number of ketones is 1. The average molecular weight is 423 g/mol. The van der Waals surface area contributed by atoms with E-state index in [0.717, 1.165) is 36.5 Å². The van der Waals surface area contributed by atoms with Gasteiger partial charge in [0.1, 0.15) is 11.6 Å². The Morgan fingerprint density at radius 3 is 2.84 bits per heavy atom. The molecule has 2 aromatic heterocycles. The summed E-state index contributed by atoms with van der Waals surface area (Å²) in [6.45, 7) is 4.89. The van der Waals surface area contributed by atoms with Crippen LogP contribution in [-0.2, 0) is 27.2 Å². The lowest BCUT2D eigenvalue weighted by atomic mass is 9.94. The zero-order chi connectivity index (χ0) is 22.1. The van der Waals surface area contributed by atoms with Gasteiger partial charge in [0, 0.05) is 37.0 Å². The van der Waals surface area contributed by atoms with E-state index in [1.54, 1.807) is 25.4 Å². The molecule has 0 amide bonds. The van der Waals surface area contributed by atoms with Gasteiger partial charge in [-0.15, -0.1) is 0 Å². The first-order chi connectivity index (χ1) is 15.0. The van der Waals surface area contributed by atoms with E-state index in [-0.39, 0.29) is 24.1 Å². The maximum absolute atomic E-state index is 12.3. The smallest absolute Gasteiger partial charge is 0.306 e. The number of carbonyl (C=O) groups excluding carboxylic acids is 2. The third-order valence-electron chi connectivity index (χ3n) is 5.29. The van der Waals surface area contributed by atoms with E-state index in [2.05, 4.69) is 26.3 Å². The van der Waals surface area contributed by atoms with Crippen LogP contribution in [0.3, 0.4) is 0 Å². The number of aryl methyl sites for hydroxylation is 3. The van der Waals surface area contributed by atoms with Gasteiger partial charge in [-0.2, -0.15) is 0 Å². The number of rotatable bonds is 10. The summed E-state index contributed by atoms with van der Waals surface area (Å²) in [6, 6.07) is 4.11. The highest BCUT2D eigenvalue weighted by atomic mass is 16.5. The standard InChI is InChI=1S/C24H30N4O3/c1-3-31-23(30)14-19(20-15-26-17(2)27-16-20)6-4-8-22(29)12-11-21-10-9-18-7-5-13-25-24(18)28-21/h4,8-10,15-16,19H,3,5-7,11-14H2,1-2H3,(H,25,28)/b8-4+. The lowest BCUT2D eigenvalue weighted by Gasteiger charge is -2.17. The molecular weight excluding hydrogens is 392 g/mol. The largest absolute Gasteiger partial charge is 0.466 e. The molecule has 0 saturated carbocycles. The minimum atomic E-state index is -0.264. The quantitative estimate of drug-likeness (QED) is 0.460. The number of nitrogens with one attached hydrogen (secondary N) is 1. The molecule has 0 spiro atoms. The second-order valence-electron chi connectivity index (χ2n) is 7.71. The predicted molar refractivity (Wildman–Crippen MR) is 119 cm³/mol. The van der Waals surface area contributed by atoms with E-state index in [1.807, 2.05) is 19.1 Å². The monoisotopic (exact) mass is 422 g/mol. The Bertz CT molecular complexity index is 925. The first-order valence-electron chi connectivity index (χ1n) is 10.9. The van der Waals surface area contributed by atoms with Crippen molar-refractivity contribution in [1.29, 1.82) is 0 Å². The summed E-state index contributed by atoms with van der Waals surface area (Å²) in [5, 5.41) is 3.32. The molecule has 0 aliphatic carbocycles. The number of anilines is 1. The minimum absolute atomic E-state index is 0.0440. The van der Waals surface area contributed by atoms with E-state index in [1.165, 1.54) is 5.56 Å². The van der Waals surface area contributed by atoms with Gasteiger partial charge in [-0.1, -0.05) is 12.1 Å². The summed E-state index contributed by atoms with van der Waals surface area (Å²) in [5.74, 6) is 1.28. The molecule has 3 heterocycles. The minimum Gasteiger partial charge on any atom is -0.466 e. The topological polar surface area (TPSA) is 94.1 Å². The molecule has 3 rings (SSSR count). The van der Waals surface area contributed by atoms with Crippen LogP contribution in [0.2, 0.25) is 0 Å². The number of nitrogens with zero attached hydrogens (tertiary/aromatic N) is 3. The Labute approximate surface area is 183 Å². The molecule has 1 unspecified atom stereocenters. The fraction of sp³-hybridized carbons (Fsp3) is 0.458. The van der Waals surface area contributed by atoms with Crippen molar-refractivity contribution in [3.8, 4) is 0 Å². The van der Waals surface area contributed by atoms with Crippen LogP contribution in [0.15, 0.2) is 36.7 Å². The summed E-state index contributed by atoms with van der Waals surface area (Å²) in [5.41, 5.74) is 3.03. The summed E-state index contributed by atoms with van der Waals surface area (Å²) < 4.78 is 5.09. The highest BCUT2D eigenvalue weighted by Crippen LogP contribution is 2.24. The molecule has 0 aromatic carbocycles. The number of hydrogen-bond acceptors (Lipinski definition) is 7. The van der Waals surface area contributed by atoms with Crippen LogP contribution >= 0.6 is 0 Å². The molecule has 164 valence electrons. The number of aromatic nitrogens is 3. The van der Waals surface area contributed by atoms with Crippen LogP contribution < -0.4 is 5.32 Å². The van der Waals surface area contributed by atoms with Crippen molar-refractivity contribution >= 4 is 17.6 Å². The Morgan fingerprint density at radius 2 is 2.06 bits per heavy atom. The van der Waals surface area contributed by atoms with E-state index in [0.29, 0.717) is 31.7 Å². The van der Waals surface area contributed by atoms with Gasteiger partial charge in [0.25, 0.3) is 0 Å². The van der Waals surface area contributed by atoms with Crippen molar-refractivity contribution in [1.82, 2.24) is 15.0 Å². The Hall–Kier alpha value is -3.09. The summed E-state index contributed by atoms with van der Waals surface area (Å²) in [6.07, 6.45) is 10.9. The Morgan fingerprint density at radius 1 is 1.26 bits per heavy atom. The zero-order valence-corrected chi connectivity index (χ0v) is 18.3. The summed E-state index contributed by atoms with van der Waals surface area (Å²) in [4.78, 5) is 37.4. The fourth-order valence-corrected chi connectivity index (χ4v) is 3.58. The fourth-order valence-electron chi connectivity index (χ4n) is 3.58. The van der Waals surface area contributed by atoms with Crippen LogP contribution in [0, 0.1) is 6.92 Å². The number of fused-ring (bicyclic) bond motifs is 1. The molecule has 7 nitrogen and oxygen atoms in total. The molecule has 2 aromatic rings. The Balaban J connectivity index is 1.54. The number of esters is 1. The maximum atomic E-state index is 12.3. The number of allylic oxidation sites excluding steroid dienone is 2. The van der Waals surface area contributed by atoms with Gasteiger partial charge in [0.05, 0.1) is 13.0 Å². The molecule has 7 heteroatoms. The number of pyridine rings is 1. The highest BCUT2D eigenvalue weighted by molar-refractivity contribution is 5.89. The van der Waals surface area contributed by atoms with Crippen LogP contribution in [0.4, 0.5) is 5.82 Å². The van der Waals surface area contributed by atoms with E-state index in [9.17, 15) is 9.59 Å². The lowest BCUT2D eigenvalue weighted by molar-refractivity contribution is -0.143. The van der Waals surface area contributed by atoms with Crippen molar-refractivity contribution in [2.75, 3.05) is 18.5 Å². The van der Waals surface area contributed by atoms with Crippen LogP contribution in [0.5, 0.6) is 0 Å². The molecule has 1 aliphatic rings. The molecule has 31 heavy (non-hydrogen) atoms. The molecule has 0 radical (unpaired) electrons. The van der Waals surface area contributed by atoms with Crippen molar-refractivity contribution < 1.29 is 14.3 Å². The average Bonchev–Trinajstić information content (AvgIpc) is 2.77. The van der Waals surface area contributed by atoms with Crippen molar-refractivity contribution in [2.45, 2.75) is 58.3 Å². The SMILES string of the molecule is CCOC(=O)CC(C/C=C/C(=O)CCc1ccc2c(n1)NCCC2)c1cnc(C)nc1. The number of hydrogen-bond donors (Lipinski definition) is 1. The third-order valence-corrected chi connectivity index (χ3v) is 5.29. The normalized spacial score (nSPS) is 14.0. The van der Waals surface area contributed by atoms with Gasteiger partial charge >= 0.3 is 5.97 Å². The van der Waals surface area contributed by atoms with Gasteiger partial charge in [0.2, 0.25) is 0 Å². The molecule has 0 fully saturated rings. The molecule has 0 bridgehead atoms. The van der Waals surface area contributed by atoms with Gasteiger partial charge in [-0.3, -0.25) is 9.59 Å². The first kappa shape index (κ1) is 22.6. The molecule has 1 atom stereocenters. The zero-order valence-electron chi connectivity index (χ0n) is 18.3. The third kappa shape index (κ3) is 6.98. The van der Waals surface area contributed by atoms with Gasteiger partial charge in [0.15, 0.2) is 5.78 Å². The number of carbonyl (C=O) groups is 2. The molecule has 1 N–H and O–H groups in total. The van der Waals surface area contributed by atoms with Crippen LogP contribution in [-0.4, -0.2) is 39.9 Å². The van der Waals surface area contributed by atoms with Crippen molar-refractivity contribution in [2.24, 2.45) is 0 Å². The summed E-state index contributed by atoms with van der Waals surface area (Å²) in [7, 11) is 0. The van der Waals surface area contributed by atoms with E-state index >= 15 is 0 Å². The van der Waals surface area contributed by atoms with E-state index in [4.69, 9.17) is 4.74 Å². The molecular formula is C24H30N4O3. The maximum Gasteiger partial charge on any atom is 0.306 e. The van der Waals surface area contributed by atoms with Crippen molar-refractivity contribution in [3.63, 3.8) is 0 Å². The van der Waals surface area contributed by atoms with Crippen LogP contribution in [0.25, 0.3) is 0 Å². The Kier molecular flexibility index (Phi) is 8.27. The lowest BCUT2D eigenvalue weighted by Crippen LogP contribution is -2.14. The predicted octanol–water partition coefficient (Wildman–Crippen LogP) is 3.72. The first-order valence-corrected chi connectivity index (χ1v) is 10.9. The van der Waals surface area contributed by atoms with Gasteiger partial charge in [-0.05, 0) is 62.8 Å². The summed E-state index contributed by atoms with van der Waals surface area (Å²) >= 11 is 0. The van der Waals surface area contributed by atoms with Crippen LogP contribution in [0.1, 0.15) is 61.2 Å². The second kappa shape index (κ2) is 11.3. The van der Waals surface area contributed by atoms with Gasteiger partial charge < -0.3 is 10.1 Å². The molecule has 1 aliphatic heterocycles. The van der Waals surface area contributed by atoms with Crippen molar-refractivity contribution in [3.05, 3.63) is 59.3 Å².